The van der Waals surface area contributed by atoms with Gasteiger partial charge in [-0.05, 0) is 6.42 Å². The summed E-state index contributed by atoms with van der Waals surface area (Å²) < 4.78 is 16.0. The van der Waals surface area contributed by atoms with E-state index < -0.39 is 0 Å². The van der Waals surface area contributed by atoms with E-state index in [-0.39, 0.29) is 5.78 Å². The fourth-order valence-electron chi connectivity index (χ4n) is 2.33. The van der Waals surface area contributed by atoms with E-state index in [0.717, 1.165) is 5.56 Å². The van der Waals surface area contributed by atoms with Crippen molar-refractivity contribution < 1.29 is 19.0 Å². The van der Waals surface area contributed by atoms with Crippen molar-refractivity contribution in [2.75, 3.05) is 21.3 Å². The van der Waals surface area contributed by atoms with Crippen molar-refractivity contribution in [2.24, 2.45) is 0 Å². The van der Waals surface area contributed by atoms with Crippen LogP contribution in [0.5, 0.6) is 17.2 Å². The molecule has 0 spiro atoms. The number of ketones is 1. The molecule has 22 heavy (non-hydrogen) atoms. The highest BCUT2D eigenvalue weighted by molar-refractivity contribution is 5.96. The third kappa shape index (κ3) is 3.58. The minimum absolute atomic E-state index is 0.0977. The second kappa shape index (κ2) is 7.50. The molecule has 0 saturated heterocycles. The number of carbonyl (C=O) groups excluding carboxylic acids is 1. The molecule has 4 heteroatoms. The summed E-state index contributed by atoms with van der Waals surface area (Å²) in [4.78, 5) is 12.2. The molecule has 0 heterocycles. The van der Waals surface area contributed by atoms with E-state index in [1.54, 1.807) is 33.5 Å². The normalized spacial score (nSPS) is 10.1. The fourth-order valence-corrected chi connectivity index (χ4v) is 2.33. The lowest BCUT2D eigenvalue weighted by molar-refractivity contribution is 0.0982. The van der Waals surface area contributed by atoms with Crippen LogP contribution in [-0.2, 0) is 6.42 Å². The Labute approximate surface area is 130 Å². The summed E-state index contributed by atoms with van der Waals surface area (Å²) >= 11 is 0. The van der Waals surface area contributed by atoms with Gasteiger partial charge < -0.3 is 14.2 Å². The summed E-state index contributed by atoms with van der Waals surface area (Å²) in [5, 5.41) is 0. The second-order valence-electron chi connectivity index (χ2n) is 4.80. The van der Waals surface area contributed by atoms with E-state index in [9.17, 15) is 4.79 Å². The molecule has 0 saturated carbocycles. The van der Waals surface area contributed by atoms with Crippen LogP contribution in [0, 0.1) is 0 Å². The molecule has 0 radical (unpaired) electrons. The van der Waals surface area contributed by atoms with Crippen molar-refractivity contribution in [3.63, 3.8) is 0 Å². The maximum absolute atomic E-state index is 12.2. The molecule has 0 aliphatic rings. The van der Waals surface area contributed by atoms with E-state index in [4.69, 9.17) is 14.2 Å². The standard InChI is InChI=1S/C18H20O4/c1-20-14-11-17(21-2)15(18(12-14)22-3)9-10-16(19)13-7-5-4-6-8-13/h4-8,11-12H,9-10H2,1-3H3. The zero-order valence-corrected chi connectivity index (χ0v) is 13.1. The lowest BCUT2D eigenvalue weighted by Gasteiger charge is -2.14. The molecule has 0 aliphatic carbocycles. The Morgan fingerprint density at radius 1 is 0.909 bits per heavy atom. The molecule has 2 aromatic carbocycles. The van der Waals surface area contributed by atoms with Gasteiger partial charge in [0.1, 0.15) is 17.2 Å². The molecular weight excluding hydrogens is 280 g/mol. The van der Waals surface area contributed by atoms with Gasteiger partial charge in [-0.15, -0.1) is 0 Å². The highest BCUT2D eigenvalue weighted by Crippen LogP contribution is 2.35. The third-order valence-electron chi connectivity index (χ3n) is 3.51. The van der Waals surface area contributed by atoms with Crippen LogP contribution >= 0.6 is 0 Å². The number of rotatable bonds is 7. The summed E-state index contributed by atoms with van der Waals surface area (Å²) in [6.45, 7) is 0. The highest BCUT2D eigenvalue weighted by Gasteiger charge is 2.15. The van der Waals surface area contributed by atoms with Crippen LogP contribution in [0.2, 0.25) is 0 Å². The number of benzene rings is 2. The van der Waals surface area contributed by atoms with Gasteiger partial charge in [0.05, 0.1) is 21.3 Å². The Kier molecular flexibility index (Phi) is 5.42. The van der Waals surface area contributed by atoms with Gasteiger partial charge in [-0.25, -0.2) is 0 Å². The van der Waals surface area contributed by atoms with Crippen LogP contribution in [0.15, 0.2) is 42.5 Å². The van der Waals surface area contributed by atoms with Crippen molar-refractivity contribution >= 4 is 5.78 Å². The molecule has 0 bridgehead atoms. The summed E-state index contributed by atoms with van der Waals surface area (Å²) in [5.41, 5.74) is 1.59. The lowest BCUT2D eigenvalue weighted by Crippen LogP contribution is -2.04. The van der Waals surface area contributed by atoms with E-state index in [0.29, 0.717) is 35.7 Å². The molecule has 2 aromatic rings. The summed E-state index contributed by atoms with van der Waals surface area (Å²) in [6, 6.07) is 12.9. The first-order valence-electron chi connectivity index (χ1n) is 7.06. The average Bonchev–Trinajstić information content (AvgIpc) is 2.59. The zero-order chi connectivity index (χ0) is 15.9. The van der Waals surface area contributed by atoms with Crippen LogP contribution in [0.25, 0.3) is 0 Å². The van der Waals surface area contributed by atoms with Crippen LogP contribution in [0.3, 0.4) is 0 Å². The Hall–Kier alpha value is -2.49. The Morgan fingerprint density at radius 2 is 1.50 bits per heavy atom. The second-order valence-corrected chi connectivity index (χ2v) is 4.80. The van der Waals surface area contributed by atoms with E-state index in [2.05, 4.69) is 0 Å². The molecule has 0 amide bonds. The van der Waals surface area contributed by atoms with Crippen molar-refractivity contribution in [2.45, 2.75) is 12.8 Å². The number of hydrogen-bond donors (Lipinski definition) is 0. The zero-order valence-electron chi connectivity index (χ0n) is 13.1. The number of ether oxygens (including phenoxy) is 3. The van der Waals surface area contributed by atoms with Gasteiger partial charge in [-0.1, -0.05) is 30.3 Å². The predicted molar refractivity (Wildman–Crippen MR) is 85.2 cm³/mol. The van der Waals surface area contributed by atoms with Crippen LogP contribution < -0.4 is 14.2 Å². The highest BCUT2D eigenvalue weighted by atomic mass is 16.5. The number of methoxy groups -OCH3 is 3. The maximum atomic E-state index is 12.2. The number of hydrogen-bond acceptors (Lipinski definition) is 4. The maximum Gasteiger partial charge on any atom is 0.163 e. The first-order chi connectivity index (χ1) is 10.7. The minimum Gasteiger partial charge on any atom is -0.496 e. The minimum atomic E-state index is 0.0977. The SMILES string of the molecule is COc1cc(OC)c(CCC(=O)c2ccccc2)c(OC)c1. The molecule has 0 fully saturated rings. The number of carbonyl (C=O) groups is 1. The van der Waals surface area contributed by atoms with Crippen molar-refractivity contribution in [3.8, 4) is 17.2 Å². The van der Waals surface area contributed by atoms with Gasteiger partial charge >= 0.3 is 0 Å². The van der Waals surface area contributed by atoms with Gasteiger partial charge in [0.2, 0.25) is 0 Å². The van der Waals surface area contributed by atoms with Crippen LogP contribution in [0.1, 0.15) is 22.3 Å². The van der Waals surface area contributed by atoms with E-state index in [1.165, 1.54) is 0 Å². The Morgan fingerprint density at radius 3 is 2.00 bits per heavy atom. The van der Waals surface area contributed by atoms with Crippen molar-refractivity contribution in [3.05, 3.63) is 53.6 Å². The summed E-state index contributed by atoms with van der Waals surface area (Å²) in [6.07, 6.45) is 0.938. The van der Waals surface area contributed by atoms with Crippen molar-refractivity contribution in [1.29, 1.82) is 0 Å². The fraction of sp³-hybridized carbons (Fsp3) is 0.278. The number of Topliss-reactive ketones (excluding diaryl/α,β-unsaturated/α-hetero) is 1. The third-order valence-corrected chi connectivity index (χ3v) is 3.51. The quantitative estimate of drug-likeness (QED) is 0.734. The topological polar surface area (TPSA) is 44.8 Å². The monoisotopic (exact) mass is 300 g/mol. The summed E-state index contributed by atoms with van der Waals surface area (Å²) in [7, 11) is 4.78. The Balaban J connectivity index is 2.20. The van der Waals surface area contributed by atoms with Crippen molar-refractivity contribution in [1.82, 2.24) is 0 Å². The van der Waals surface area contributed by atoms with Gasteiger partial charge in [0.15, 0.2) is 5.78 Å². The molecular formula is C18H20O4. The van der Waals surface area contributed by atoms with Gasteiger partial charge in [0.25, 0.3) is 0 Å². The predicted octanol–water partition coefficient (Wildman–Crippen LogP) is 3.53. The molecule has 0 atom stereocenters. The van der Waals surface area contributed by atoms with Gasteiger partial charge in [-0.2, -0.15) is 0 Å². The van der Waals surface area contributed by atoms with E-state index >= 15 is 0 Å². The molecule has 4 nitrogen and oxygen atoms in total. The van der Waals surface area contributed by atoms with E-state index in [1.807, 2.05) is 30.3 Å². The molecule has 116 valence electrons. The molecule has 0 unspecified atom stereocenters. The Bertz CT molecular complexity index is 610. The van der Waals surface area contributed by atoms with Crippen LogP contribution in [-0.4, -0.2) is 27.1 Å². The van der Waals surface area contributed by atoms with Gasteiger partial charge in [0, 0.05) is 29.7 Å². The average molecular weight is 300 g/mol. The molecule has 0 N–H and O–H groups in total. The first kappa shape index (κ1) is 15.9. The van der Waals surface area contributed by atoms with Gasteiger partial charge in [-0.3, -0.25) is 4.79 Å². The smallest absolute Gasteiger partial charge is 0.163 e. The first-order valence-corrected chi connectivity index (χ1v) is 7.06. The largest absolute Gasteiger partial charge is 0.496 e. The molecule has 0 aromatic heterocycles. The van der Waals surface area contributed by atoms with Crippen LogP contribution in [0.4, 0.5) is 0 Å². The summed E-state index contributed by atoms with van der Waals surface area (Å²) in [5.74, 6) is 2.08. The lowest BCUT2D eigenvalue weighted by atomic mass is 10.0. The molecule has 0 aliphatic heterocycles. The molecule has 2 rings (SSSR count).